The summed E-state index contributed by atoms with van der Waals surface area (Å²) in [6.45, 7) is 4.81. The van der Waals surface area contributed by atoms with Gasteiger partial charge < -0.3 is 10.1 Å². The minimum absolute atomic E-state index is 0.0300. The van der Waals surface area contributed by atoms with Gasteiger partial charge in [-0.1, -0.05) is 31.5 Å². The Bertz CT molecular complexity index is 1060. The fraction of sp³-hybridized carbons (Fsp3) is 0.300. The van der Waals surface area contributed by atoms with Crippen molar-refractivity contribution in [3.8, 4) is 0 Å². The summed E-state index contributed by atoms with van der Waals surface area (Å²) in [6, 6.07) is 7.87. The summed E-state index contributed by atoms with van der Waals surface area (Å²) in [5.74, 6) is -2.04. The Balaban J connectivity index is 2.10. The highest BCUT2D eigenvalue weighted by molar-refractivity contribution is 7.89. The van der Waals surface area contributed by atoms with Crippen molar-refractivity contribution in [2.24, 2.45) is 0 Å². The van der Waals surface area contributed by atoms with Gasteiger partial charge in [-0.2, -0.15) is 4.31 Å². The minimum atomic E-state index is -3.89. The van der Waals surface area contributed by atoms with Crippen LogP contribution < -0.4 is 5.32 Å². The van der Waals surface area contributed by atoms with Crippen molar-refractivity contribution in [1.29, 1.82) is 0 Å². The molecule has 0 saturated heterocycles. The Labute approximate surface area is 179 Å². The Morgan fingerprint density at radius 2 is 1.80 bits per heavy atom. The number of carbonyl (C=O) groups excluding carboxylic acids is 2. The van der Waals surface area contributed by atoms with E-state index in [0.717, 1.165) is 12.1 Å². The van der Waals surface area contributed by atoms with Gasteiger partial charge in [-0.15, -0.1) is 0 Å². The predicted octanol–water partition coefficient (Wildman–Crippen LogP) is 3.61. The average molecular weight is 457 g/mol. The van der Waals surface area contributed by atoms with Crippen LogP contribution in [-0.2, 0) is 19.6 Å². The molecule has 30 heavy (non-hydrogen) atoms. The SMILES string of the molecule is CCN(CC)S(=O)(=O)c1cc(C(=O)OCC(=O)Nc2ccc(C)c(F)c2)ccc1Cl. The molecule has 0 bridgehead atoms. The number of ether oxygens (including phenoxy) is 1. The lowest BCUT2D eigenvalue weighted by Gasteiger charge is -2.19. The van der Waals surface area contributed by atoms with Gasteiger partial charge in [0.2, 0.25) is 10.0 Å². The zero-order chi connectivity index (χ0) is 22.5. The number of rotatable bonds is 8. The molecular formula is C20H22ClFN2O5S. The Hall–Kier alpha value is -2.49. The molecule has 0 heterocycles. The van der Waals surface area contributed by atoms with Crippen LogP contribution >= 0.6 is 11.6 Å². The maximum atomic E-state index is 13.5. The van der Waals surface area contributed by atoms with Crippen LogP contribution in [0.2, 0.25) is 5.02 Å². The zero-order valence-electron chi connectivity index (χ0n) is 16.7. The molecule has 1 N–H and O–H groups in total. The van der Waals surface area contributed by atoms with Gasteiger partial charge in [0.1, 0.15) is 10.7 Å². The number of esters is 1. The van der Waals surface area contributed by atoms with Crippen molar-refractivity contribution in [3.05, 3.63) is 58.4 Å². The number of hydrogen-bond donors (Lipinski definition) is 1. The molecule has 0 aromatic heterocycles. The number of anilines is 1. The molecule has 0 aliphatic carbocycles. The summed E-state index contributed by atoms with van der Waals surface area (Å²) < 4.78 is 45.1. The second-order valence-electron chi connectivity index (χ2n) is 6.32. The molecule has 0 saturated carbocycles. The number of nitrogens with zero attached hydrogens (tertiary/aromatic N) is 1. The number of carbonyl (C=O) groups is 2. The number of benzene rings is 2. The summed E-state index contributed by atoms with van der Waals surface area (Å²) in [6.07, 6.45) is 0. The maximum absolute atomic E-state index is 13.5. The largest absolute Gasteiger partial charge is 0.452 e. The normalized spacial score (nSPS) is 11.4. The van der Waals surface area contributed by atoms with E-state index < -0.39 is 34.3 Å². The number of amides is 1. The molecule has 1 amide bonds. The Morgan fingerprint density at radius 1 is 1.13 bits per heavy atom. The molecule has 0 fully saturated rings. The second kappa shape index (κ2) is 10.0. The lowest BCUT2D eigenvalue weighted by Crippen LogP contribution is -2.31. The molecule has 0 aliphatic rings. The van der Waals surface area contributed by atoms with E-state index in [9.17, 15) is 22.4 Å². The highest BCUT2D eigenvalue weighted by Gasteiger charge is 2.26. The van der Waals surface area contributed by atoms with E-state index in [1.165, 1.54) is 28.6 Å². The molecule has 0 radical (unpaired) electrons. The molecule has 0 spiro atoms. The Kier molecular flexibility index (Phi) is 7.94. The number of hydrogen-bond acceptors (Lipinski definition) is 5. The molecule has 0 aliphatic heterocycles. The first-order chi connectivity index (χ1) is 14.1. The average Bonchev–Trinajstić information content (AvgIpc) is 2.70. The second-order valence-corrected chi connectivity index (χ2v) is 8.64. The van der Waals surface area contributed by atoms with E-state index >= 15 is 0 Å². The van der Waals surface area contributed by atoms with E-state index in [2.05, 4.69) is 5.32 Å². The summed E-state index contributed by atoms with van der Waals surface area (Å²) in [4.78, 5) is 24.0. The van der Waals surface area contributed by atoms with Gasteiger partial charge in [-0.3, -0.25) is 4.79 Å². The van der Waals surface area contributed by atoms with Gasteiger partial charge in [0.05, 0.1) is 10.6 Å². The Morgan fingerprint density at radius 3 is 2.40 bits per heavy atom. The molecule has 7 nitrogen and oxygen atoms in total. The van der Waals surface area contributed by atoms with E-state index in [1.807, 2.05) is 0 Å². The molecule has 0 unspecified atom stereocenters. The molecule has 2 aromatic carbocycles. The summed E-state index contributed by atoms with van der Waals surface area (Å²) in [7, 11) is -3.89. The van der Waals surface area contributed by atoms with Crippen molar-refractivity contribution in [2.75, 3.05) is 25.0 Å². The van der Waals surface area contributed by atoms with Crippen LogP contribution in [0.4, 0.5) is 10.1 Å². The third kappa shape index (κ3) is 5.56. The van der Waals surface area contributed by atoms with E-state index in [1.54, 1.807) is 20.8 Å². The van der Waals surface area contributed by atoms with Gasteiger partial charge in [-0.25, -0.2) is 17.6 Å². The van der Waals surface area contributed by atoms with Crippen molar-refractivity contribution < 1.29 is 27.1 Å². The van der Waals surface area contributed by atoms with Crippen molar-refractivity contribution >= 4 is 39.2 Å². The summed E-state index contributed by atoms with van der Waals surface area (Å²) in [5, 5.41) is 2.38. The first-order valence-corrected chi connectivity index (χ1v) is 10.9. The van der Waals surface area contributed by atoms with Crippen LogP contribution in [0.25, 0.3) is 0 Å². The van der Waals surface area contributed by atoms with Crippen LogP contribution in [0.15, 0.2) is 41.3 Å². The molecule has 0 atom stereocenters. The van der Waals surface area contributed by atoms with Crippen LogP contribution in [-0.4, -0.2) is 44.3 Å². The summed E-state index contributed by atoms with van der Waals surface area (Å²) in [5.41, 5.74) is 0.579. The zero-order valence-corrected chi connectivity index (χ0v) is 18.3. The lowest BCUT2D eigenvalue weighted by molar-refractivity contribution is -0.119. The summed E-state index contributed by atoms with van der Waals surface area (Å²) >= 11 is 6.03. The van der Waals surface area contributed by atoms with E-state index in [4.69, 9.17) is 16.3 Å². The molecule has 2 rings (SSSR count). The number of sulfonamides is 1. The van der Waals surface area contributed by atoms with Crippen molar-refractivity contribution in [2.45, 2.75) is 25.7 Å². The fourth-order valence-corrected chi connectivity index (χ4v) is 4.57. The molecular weight excluding hydrogens is 435 g/mol. The van der Waals surface area contributed by atoms with E-state index in [-0.39, 0.29) is 34.3 Å². The third-order valence-electron chi connectivity index (χ3n) is 4.28. The number of halogens is 2. The van der Waals surface area contributed by atoms with Gasteiger partial charge >= 0.3 is 5.97 Å². The lowest BCUT2D eigenvalue weighted by atomic mass is 10.2. The number of aryl methyl sites for hydroxylation is 1. The van der Waals surface area contributed by atoms with E-state index in [0.29, 0.717) is 5.56 Å². The van der Waals surface area contributed by atoms with Crippen LogP contribution in [0, 0.1) is 12.7 Å². The third-order valence-corrected chi connectivity index (χ3v) is 6.81. The standard InChI is InChI=1S/C20H22ClFN2O5S/c1-4-24(5-2)30(27,28)18-10-14(7-9-16(18)21)20(26)29-12-19(25)23-15-8-6-13(3)17(22)11-15/h6-11H,4-5,12H2,1-3H3,(H,23,25). The van der Waals surface area contributed by atoms with Crippen LogP contribution in [0.5, 0.6) is 0 Å². The first kappa shape index (κ1) is 23.8. The monoisotopic (exact) mass is 456 g/mol. The van der Waals surface area contributed by atoms with Crippen molar-refractivity contribution in [3.63, 3.8) is 0 Å². The molecule has 162 valence electrons. The molecule has 2 aromatic rings. The maximum Gasteiger partial charge on any atom is 0.338 e. The topological polar surface area (TPSA) is 92.8 Å². The van der Waals surface area contributed by atoms with Gasteiger partial charge in [0.15, 0.2) is 6.61 Å². The van der Waals surface area contributed by atoms with Gasteiger partial charge in [-0.05, 0) is 42.8 Å². The minimum Gasteiger partial charge on any atom is -0.452 e. The van der Waals surface area contributed by atoms with Gasteiger partial charge in [0, 0.05) is 18.8 Å². The molecule has 10 heteroatoms. The highest BCUT2D eigenvalue weighted by Crippen LogP contribution is 2.26. The van der Waals surface area contributed by atoms with Crippen LogP contribution in [0.3, 0.4) is 0 Å². The quantitative estimate of drug-likeness (QED) is 0.612. The highest BCUT2D eigenvalue weighted by atomic mass is 35.5. The van der Waals surface area contributed by atoms with Gasteiger partial charge in [0.25, 0.3) is 5.91 Å². The smallest absolute Gasteiger partial charge is 0.338 e. The number of nitrogens with one attached hydrogen (secondary N) is 1. The van der Waals surface area contributed by atoms with Crippen molar-refractivity contribution in [1.82, 2.24) is 4.31 Å². The van der Waals surface area contributed by atoms with Crippen LogP contribution in [0.1, 0.15) is 29.8 Å². The predicted molar refractivity (Wildman–Crippen MR) is 112 cm³/mol. The first-order valence-electron chi connectivity index (χ1n) is 9.13. The fourth-order valence-electron chi connectivity index (χ4n) is 2.61.